The quantitative estimate of drug-likeness (QED) is 0.555. The first-order valence-corrected chi connectivity index (χ1v) is 6.00. The molecule has 0 unspecified atom stereocenters. The Kier molecular flexibility index (Phi) is 4.05. The predicted molar refractivity (Wildman–Crippen MR) is 70.8 cm³/mol. The largest absolute Gasteiger partial charge is 0.514 e. The third kappa shape index (κ3) is 4.78. The van der Waals surface area contributed by atoms with Crippen molar-refractivity contribution in [1.82, 2.24) is 0 Å². The van der Waals surface area contributed by atoms with Gasteiger partial charge in [-0.15, -0.1) is 0 Å². The van der Waals surface area contributed by atoms with E-state index >= 15 is 0 Å². The molecule has 18 heavy (non-hydrogen) atoms. The maximum atomic E-state index is 11.5. The van der Waals surface area contributed by atoms with Crippen LogP contribution in [-0.4, -0.2) is 11.8 Å². The van der Waals surface area contributed by atoms with Crippen molar-refractivity contribution in [2.45, 2.75) is 52.6 Å². The van der Waals surface area contributed by atoms with Crippen molar-refractivity contribution in [3.8, 4) is 5.75 Å². The minimum absolute atomic E-state index is 0.0101. The van der Waals surface area contributed by atoms with Gasteiger partial charge in [0, 0.05) is 0 Å². The molecule has 0 heterocycles. The van der Waals surface area contributed by atoms with Crippen molar-refractivity contribution in [3.05, 3.63) is 29.8 Å². The summed E-state index contributed by atoms with van der Waals surface area (Å²) in [5.74, 6) is 0.455. The summed E-state index contributed by atoms with van der Waals surface area (Å²) in [5, 5.41) is 0. The first-order valence-electron chi connectivity index (χ1n) is 6.00. The van der Waals surface area contributed by atoms with Crippen LogP contribution in [0.15, 0.2) is 18.2 Å². The summed E-state index contributed by atoms with van der Waals surface area (Å²) in [4.78, 5) is 11.5. The van der Waals surface area contributed by atoms with E-state index in [4.69, 9.17) is 9.47 Å². The van der Waals surface area contributed by atoms with E-state index in [0.717, 1.165) is 5.56 Å². The molecule has 99 valence electrons. The van der Waals surface area contributed by atoms with Crippen LogP contribution in [0.3, 0.4) is 0 Å². The second-order valence-electron chi connectivity index (χ2n) is 6.27. The molecule has 0 bridgehead atoms. The molecule has 1 rings (SSSR count). The molecule has 1 aromatic carbocycles. The van der Waals surface area contributed by atoms with Gasteiger partial charge in [0.25, 0.3) is 0 Å². The maximum absolute atomic E-state index is 11.5. The van der Waals surface area contributed by atoms with Crippen LogP contribution in [0.1, 0.15) is 47.1 Å². The molecule has 0 aliphatic rings. The fraction of sp³-hybridized carbons (Fsp3) is 0.533. The average molecular weight is 249 g/mol. The maximum Gasteiger partial charge on any atom is 0.514 e. The van der Waals surface area contributed by atoms with Gasteiger partial charge in [0.2, 0.25) is 0 Å². The lowest BCUT2D eigenvalue weighted by atomic mass is 9.87. The van der Waals surface area contributed by atoms with E-state index in [9.17, 15) is 4.79 Å². The molecule has 0 aromatic heterocycles. The van der Waals surface area contributed by atoms with Gasteiger partial charge in [0.15, 0.2) is 0 Å². The van der Waals surface area contributed by atoms with E-state index < -0.39 is 11.8 Å². The predicted octanol–water partition coefficient (Wildman–Crippen LogP) is 4.10. The molecule has 0 spiro atoms. The molecule has 0 saturated carbocycles. The second kappa shape index (κ2) is 5.01. The highest BCUT2D eigenvalue weighted by atomic mass is 16.7. The molecule has 3 heteroatoms. The summed E-state index contributed by atoms with van der Waals surface area (Å²) < 4.78 is 10.2. The highest BCUT2D eigenvalue weighted by Gasteiger charge is 2.19. The number of ether oxygens (including phenoxy) is 2. The SMILES string of the molecule is CC(C)(C)OC(=O)Oc1c[c]cc(C(C)(C)C)c1. The topological polar surface area (TPSA) is 35.5 Å². The van der Waals surface area contributed by atoms with Crippen molar-refractivity contribution < 1.29 is 14.3 Å². The number of hydrogen-bond acceptors (Lipinski definition) is 3. The first kappa shape index (κ1) is 14.6. The number of carbonyl (C=O) groups is 1. The number of hydrogen-bond donors (Lipinski definition) is 0. The van der Waals surface area contributed by atoms with Crippen LogP contribution in [-0.2, 0) is 10.2 Å². The van der Waals surface area contributed by atoms with Gasteiger partial charge in [-0.1, -0.05) is 26.8 Å². The van der Waals surface area contributed by atoms with Crippen molar-refractivity contribution in [2.24, 2.45) is 0 Å². The minimum Gasteiger partial charge on any atom is -0.428 e. The molecular weight excluding hydrogens is 228 g/mol. The van der Waals surface area contributed by atoms with Gasteiger partial charge >= 0.3 is 6.16 Å². The van der Waals surface area contributed by atoms with Gasteiger partial charge < -0.3 is 9.47 Å². The van der Waals surface area contributed by atoms with Gasteiger partial charge in [-0.2, -0.15) is 0 Å². The zero-order valence-electron chi connectivity index (χ0n) is 12.0. The minimum atomic E-state index is -0.693. The van der Waals surface area contributed by atoms with Crippen molar-refractivity contribution in [1.29, 1.82) is 0 Å². The third-order valence-electron chi connectivity index (χ3n) is 2.22. The lowest BCUT2D eigenvalue weighted by Crippen LogP contribution is -2.26. The van der Waals surface area contributed by atoms with E-state index in [2.05, 4.69) is 26.8 Å². The first-order chi connectivity index (χ1) is 8.08. The smallest absolute Gasteiger partial charge is 0.428 e. The zero-order chi connectivity index (χ0) is 14.0. The van der Waals surface area contributed by atoms with Gasteiger partial charge in [-0.05, 0) is 49.9 Å². The second-order valence-corrected chi connectivity index (χ2v) is 6.27. The Bertz CT molecular complexity index is 422. The zero-order valence-corrected chi connectivity index (χ0v) is 12.0. The van der Waals surface area contributed by atoms with Crippen LogP contribution in [0.5, 0.6) is 5.75 Å². The van der Waals surface area contributed by atoms with E-state index in [-0.39, 0.29) is 5.41 Å². The van der Waals surface area contributed by atoms with Crippen LogP contribution < -0.4 is 4.74 Å². The summed E-state index contributed by atoms with van der Waals surface area (Å²) >= 11 is 0. The highest BCUT2D eigenvalue weighted by Crippen LogP contribution is 2.25. The Morgan fingerprint density at radius 3 is 2.22 bits per heavy atom. The molecule has 0 aliphatic heterocycles. The monoisotopic (exact) mass is 249 g/mol. The van der Waals surface area contributed by atoms with Gasteiger partial charge in [-0.3, -0.25) is 0 Å². The van der Waals surface area contributed by atoms with Crippen molar-refractivity contribution in [2.75, 3.05) is 0 Å². The Morgan fingerprint density at radius 2 is 1.72 bits per heavy atom. The summed E-state index contributed by atoms with van der Waals surface area (Å²) in [6.45, 7) is 11.7. The van der Waals surface area contributed by atoms with E-state index in [1.54, 1.807) is 26.8 Å². The molecule has 0 N–H and O–H groups in total. The van der Waals surface area contributed by atoms with Crippen molar-refractivity contribution >= 4 is 6.16 Å². The van der Waals surface area contributed by atoms with Crippen LogP contribution in [0.2, 0.25) is 0 Å². The molecule has 1 radical (unpaired) electrons. The van der Waals surface area contributed by atoms with Gasteiger partial charge in [0.1, 0.15) is 11.4 Å². The molecule has 0 amide bonds. The molecule has 0 atom stereocenters. The van der Waals surface area contributed by atoms with Gasteiger partial charge in [0.05, 0.1) is 0 Å². The Balaban J connectivity index is 2.77. The van der Waals surface area contributed by atoms with Gasteiger partial charge in [-0.25, -0.2) is 4.79 Å². The molecule has 0 aliphatic carbocycles. The molecule has 0 saturated heterocycles. The van der Waals surface area contributed by atoms with Crippen molar-refractivity contribution in [3.63, 3.8) is 0 Å². The normalized spacial score (nSPS) is 12.1. The summed E-state index contributed by atoms with van der Waals surface area (Å²) in [5.41, 5.74) is 0.496. The Morgan fingerprint density at radius 1 is 1.11 bits per heavy atom. The Labute approximate surface area is 109 Å². The lowest BCUT2D eigenvalue weighted by Gasteiger charge is -2.21. The Hall–Kier alpha value is -1.51. The standard InChI is InChI=1S/C15H21O3/c1-14(2,3)11-8-7-9-12(10-11)17-13(16)18-15(4,5)6/h8-10H,1-6H3. The van der Waals surface area contributed by atoms with E-state index in [0.29, 0.717) is 5.75 Å². The van der Waals surface area contributed by atoms with Crippen LogP contribution >= 0.6 is 0 Å². The number of carbonyl (C=O) groups excluding carboxylic acids is 1. The number of benzene rings is 1. The summed E-state index contributed by atoms with van der Waals surface area (Å²) in [6, 6.07) is 8.32. The highest BCUT2D eigenvalue weighted by molar-refractivity contribution is 5.64. The third-order valence-corrected chi connectivity index (χ3v) is 2.22. The number of rotatable bonds is 1. The van der Waals surface area contributed by atoms with Crippen LogP contribution in [0, 0.1) is 6.07 Å². The fourth-order valence-corrected chi connectivity index (χ4v) is 1.31. The van der Waals surface area contributed by atoms with Crippen LogP contribution in [0.25, 0.3) is 0 Å². The lowest BCUT2D eigenvalue weighted by molar-refractivity contribution is 0.0206. The van der Waals surface area contributed by atoms with E-state index in [1.807, 2.05) is 12.1 Å². The molecule has 0 fully saturated rings. The molecule has 1 aromatic rings. The van der Waals surface area contributed by atoms with E-state index in [1.165, 1.54) is 0 Å². The average Bonchev–Trinajstić information content (AvgIpc) is 2.13. The molecule has 3 nitrogen and oxygen atoms in total. The summed E-state index contributed by atoms with van der Waals surface area (Å²) in [7, 11) is 0. The summed E-state index contributed by atoms with van der Waals surface area (Å²) in [6.07, 6.45) is -0.693. The molecular formula is C15H21O3. The van der Waals surface area contributed by atoms with Crippen LogP contribution in [0.4, 0.5) is 4.79 Å². The fourth-order valence-electron chi connectivity index (χ4n) is 1.31.